The number of nitrogens with two attached hydrogens (primary N) is 1. The van der Waals surface area contributed by atoms with Crippen molar-refractivity contribution in [3.8, 4) is 0 Å². The predicted octanol–water partition coefficient (Wildman–Crippen LogP) is 3.89. The summed E-state index contributed by atoms with van der Waals surface area (Å²) in [5.74, 6) is 1.46. The summed E-state index contributed by atoms with van der Waals surface area (Å²) >= 11 is 0. The lowest BCUT2D eigenvalue weighted by Gasteiger charge is -2.35. The zero-order valence-corrected chi connectivity index (χ0v) is 15.8. The Hall–Kier alpha value is -1.91. The van der Waals surface area contributed by atoms with Gasteiger partial charge in [0, 0.05) is 19.1 Å². The van der Waals surface area contributed by atoms with Crippen LogP contribution in [0.15, 0.2) is 18.2 Å². The van der Waals surface area contributed by atoms with Crippen LogP contribution in [0.5, 0.6) is 0 Å². The molecule has 25 heavy (non-hydrogen) atoms. The number of hydrogen-bond acceptors (Lipinski definition) is 4. The van der Waals surface area contributed by atoms with Crippen LogP contribution in [-0.2, 0) is 4.74 Å². The standard InChI is InChI=1S/C20H31N3O2/c1-13-10-16(13)14-7-8-18(17(21)11-14)23-9-5-6-15(12-23)22-19(24)25-20(2,3)4/h7-8,11,13,15-16H,5-6,9-10,12,21H2,1-4H3,(H,22,24). The summed E-state index contributed by atoms with van der Waals surface area (Å²) in [6, 6.07) is 6.58. The monoisotopic (exact) mass is 345 g/mol. The molecule has 138 valence electrons. The minimum absolute atomic E-state index is 0.0890. The van der Waals surface area contributed by atoms with Crippen LogP contribution >= 0.6 is 0 Å². The zero-order chi connectivity index (χ0) is 18.2. The minimum atomic E-state index is -0.474. The van der Waals surface area contributed by atoms with Gasteiger partial charge in [0.05, 0.1) is 11.4 Å². The minimum Gasteiger partial charge on any atom is -0.444 e. The Morgan fingerprint density at radius 2 is 2.08 bits per heavy atom. The molecule has 3 N–H and O–H groups in total. The van der Waals surface area contributed by atoms with Crippen molar-refractivity contribution < 1.29 is 9.53 Å². The molecule has 0 aromatic heterocycles. The number of alkyl carbamates (subject to hydrolysis) is 1. The van der Waals surface area contributed by atoms with E-state index in [0.29, 0.717) is 5.92 Å². The van der Waals surface area contributed by atoms with Crippen molar-refractivity contribution in [3.63, 3.8) is 0 Å². The number of carbonyl (C=O) groups excluding carboxylic acids is 1. The van der Waals surface area contributed by atoms with E-state index in [1.165, 1.54) is 12.0 Å². The van der Waals surface area contributed by atoms with E-state index in [1.807, 2.05) is 20.8 Å². The molecule has 0 spiro atoms. The molecule has 1 saturated heterocycles. The maximum atomic E-state index is 12.0. The molecule has 3 rings (SSSR count). The van der Waals surface area contributed by atoms with Crippen LogP contribution in [0.1, 0.15) is 58.4 Å². The van der Waals surface area contributed by atoms with Gasteiger partial charge >= 0.3 is 6.09 Å². The Morgan fingerprint density at radius 1 is 1.36 bits per heavy atom. The van der Waals surface area contributed by atoms with Gasteiger partial charge in [0.2, 0.25) is 0 Å². The summed E-state index contributed by atoms with van der Waals surface area (Å²) in [6.07, 6.45) is 2.92. The number of carbonyl (C=O) groups is 1. The average Bonchev–Trinajstić information content (AvgIpc) is 3.22. The highest BCUT2D eigenvalue weighted by Gasteiger charge is 2.34. The van der Waals surface area contributed by atoms with E-state index < -0.39 is 5.60 Å². The molecule has 1 aliphatic carbocycles. The average molecular weight is 345 g/mol. The summed E-state index contributed by atoms with van der Waals surface area (Å²) in [5, 5.41) is 3.00. The number of ether oxygens (including phenoxy) is 1. The van der Waals surface area contributed by atoms with Crippen molar-refractivity contribution in [2.75, 3.05) is 23.7 Å². The molecule has 1 aromatic carbocycles. The highest BCUT2D eigenvalue weighted by molar-refractivity contribution is 5.70. The fourth-order valence-electron chi connectivity index (χ4n) is 3.67. The maximum absolute atomic E-state index is 12.0. The Balaban J connectivity index is 1.62. The van der Waals surface area contributed by atoms with Gasteiger partial charge in [-0.2, -0.15) is 0 Å². The highest BCUT2D eigenvalue weighted by Crippen LogP contribution is 2.48. The third-order valence-electron chi connectivity index (χ3n) is 5.07. The van der Waals surface area contributed by atoms with Crippen molar-refractivity contribution >= 4 is 17.5 Å². The van der Waals surface area contributed by atoms with Crippen molar-refractivity contribution in [2.45, 2.75) is 64.5 Å². The fourth-order valence-corrected chi connectivity index (χ4v) is 3.67. The van der Waals surface area contributed by atoms with Crippen LogP contribution in [-0.4, -0.2) is 30.8 Å². The number of nitrogens with zero attached hydrogens (tertiary/aromatic N) is 1. The number of piperidine rings is 1. The lowest BCUT2D eigenvalue weighted by atomic mass is 10.0. The number of nitrogens with one attached hydrogen (secondary N) is 1. The normalized spacial score (nSPS) is 26.2. The molecule has 1 aliphatic heterocycles. The summed E-state index contributed by atoms with van der Waals surface area (Å²) in [6.45, 7) is 9.65. The van der Waals surface area contributed by atoms with Crippen LogP contribution in [0.2, 0.25) is 0 Å². The van der Waals surface area contributed by atoms with Crippen LogP contribution in [0.3, 0.4) is 0 Å². The summed E-state index contributed by atoms with van der Waals surface area (Å²) in [7, 11) is 0. The van der Waals surface area contributed by atoms with Gasteiger partial charge in [0.15, 0.2) is 0 Å². The summed E-state index contributed by atoms with van der Waals surface area (Å²) < 4.78 is 5.37. The lowest BCUT2D eigenvalue weighted by molar-refractivity contribution is 0.0500. The van der Waals surface area contributed by atoms with E-state index in [2.05, 4.69) is 35.3 Å². The van der Waals surface area contributed by atoms with E-state index in [4.69, 9.17) is 10.5 Å². The van der Waals surface area contributed by atoms with E-state index in [-0.39, 0.29) is 12.1 Å². The largest absolute Gasteiger partial charge is 0.444 e. The second-order valence-corrected chi connectivity index (χ2v) is 8.57. The first-order chi connectivity index (χ1) is 11.7. The lowest BCUT2D eigenvalue weighted by Crippen LogP contribution is -2.49. The molecule has 2 aliphatic rings. The zero-order valence-electron chi connectivity index (χ0n) is 15.8. The van der Waals surface area contributed by atoms with Crippen molar-refractivity contribution in [1.29, 1.82) is 0 Å². The molecular weight excluding hydrogens is 314 g/mol. The number of amides is 1. The van der Waals surface area contributed by atoms with Gasteiger partial charge in [-0.15, -0.1) is 0 Å². The summed E-state index contributed by atoms with van der Waals surface area (Å²) in [4.78, 5) is 14.3. The Kier molecular flexibility index (Phi) is 4.85. The van der Waals surface area contributed by atoms with E-state index in [0.717, 1.165) is 43.2 Å². The van der Waals surface area contributed by atoms with Crippen molar-refractivity contribution in [1.82, 2.24) is 5.32 Å². The SMILES string of the molecule is CC1CC1c1ccc(N2CCCC(NC(=O)OC(C)(C)C)C2)c(N)c1. The number of rotatable bonds is 3. The Labute approximate surface area is 150 Å². The predicted molar refractivity (Wildman–Crippen MR) is 102 cm³/mol. The molecule has 1 amide bonds. The Bertz CT molecular complexity index is 638. The van der Waals surface area contributed by atoms with Gasteiger partial charge < -0.3 is 20.7 Å². The van der Waals surface area contributed by atoms with Gasteiger partial charge in [-0.25, -0.2) is 4.79 Å². The first-order valence-corrected chi connectivity index (χ1v) is 9.37. The van der Waals surface area contributed by atoms with E-state index in [1.54, 1.807) is 0 Å². The van der Waals surface area contributed by atoms with Crippen LogP contribution in [0, 0.1) is 5.92 Å². The molecular formula is C20H31N3O2. The Morgan fingerprint density at radius 3 is 2.68 bits per heavy atom. The van der Waals surface area contributed by atoms with Crippen LogP contribution < -0.4 is 16.0 Å². The number of hydrogen-bond donors (Lipinski definition) is 2. The fraction of sp³-hybridized carbons (Fsp3) is 0.650. The molecule has 2 fully saturated rings. The quantitative estimate of drug-likeness (QED) is 0.816. The molecule has 1 aromatic rings. The molecule has 0 bridgehead atoms. The second-order valence-electron chi connectivity index (χ2n) is 8.57. The second kappa shape index (κ2) is 6.77. The third-order valence-corrected chi connectivity index (χ3v) is 5.07. The van der Waals surface area contributed by atoms with Crippen LogP contribution in [0.4, 0.5) is 16.2 Å². The summed E-state index contributed by atoms with van der Waals surface area (Å²) in [5.41, 5.74) is 9.14. The van der Waals surface area contributed by atoms with Gasteiger partial charge in [-0.1, -0.05) is 13.0 Å². The maximum Gasteiger partial charge on any atom is 0.407 e. The first kappa shape index (κ1) is 17.9. The van der Waals surface area contributed by atoms with Gasteiger partial charge in [0.1, 0.15) is 5.60 Å². The van der Waals surface area contributed by atoms with Gasteiger partial charge in [0.25, 0.3) is 0 Å². The smallest absolute Gasteiger partial charge is 0.407 e. The molecule has 1 heterocycles. The topological polar surface area (TPSA) is 67.6 Å². The highest BCUT2D eigenvalue weighted by atomic mass is 16.6. The first-order valence-electron chi connectivity index (χ1n) is 9.37. The number of benzene rings is 1. The van der Waals surface area contributed by atoms with Crippen molar-refractivity contribution in [3.05, 3.63) is 23.8 Å². The van der Waals surface area contributed by atoms with Crippen molar-refractivity contribution in [2.24, 2.45) is 5.92 Å². The molecule has 1 saturated carbocycles. The van der Waals surface area contributed by atoms with Gasteiger partial charge in [-0.05, 0) is 69.6 Å². The van der Waals surface area contributed by atoms with E-state index >= 15 is 0 Å². The molecule has 3 unspecified atom stereocenters. The van der Waals surface area contributed by atoms with Gasteiger partial charge in [-0.3, -0.25) is 0 Å². The molecule has 3 atom stereocenters. The molecule has 0 radical (unpaired) electrons. The van der Waals surface area contributed by atoms with Crippen LogP contribution in [0.25, 0.3) is 0 Å². The molecule has 5 heteroatoms. The third kappa shape index (κ3) is 4.59. The van der Waals surface area contributed by atoms with E-state index in [9.17, 15) is 4.79 Å². The number of nitrogen functional groups attached to an aromatic ring is 1. The molecule has 5 nitrogen and oxygen atoms in total. The number of anilines is 2.